The van der Waals surface area contributed by atoms with Crippen LogP contribution in [0.4, 0.5) is 0 Å². The molecular formula is C21H26ClN3O4S. The van der Waals surface area contributed by atoms with Crippen molar-refractivity contribution >= 4 is 27.5 Å². The maximum absolute atomic E-state index is 12.9. The number of halogens is 1. The number of amides is 1. The molecule has 7 nitrogen and oxygen atoms in total. The SMILES string of the molecule is O=C(NC[C@H](c1ccco1)N1CCCC1)c1cc(S(=O)(=O)N2CCCC2)ccc1Cl. The van der Waals surface area contributed by atoms with Gasteiger partial charge in [-0.25, -0.2) is 8.42 Å². The second-order valence-electron chi connectivity index (χ2n) is 7.74. The van der Waals surface area contributed by atoms with Gasteiger partial charge in [0.2, 0.25) is 10.0 Å². The summed E-state index contributed by atoms with van der Waals surface area (Å²) >= 11 is 6.24. The zero-order valence-corrected chi connectivity index (χ0v) is 18.3. The van der Waals surface area contributed by atoms with Gasteiger partial charge < -0.3 is 9.73 Å². The van der Waals surface area contributed by atoms with E-state index < -0.39 is 15.9 Å². The summed E-state index contributed by atoms with van der Waals surface area (Å²) in [4.78, 5) is 15.3. The van der Waals surface area contributed by atoms with Crippen molar-refractivity contribution in [3.8, 4) is 0 Å². The minimum absolute atomic E-state index is 0.0678. The Morgan fingerprint density at radius 3 is 2.47 bits per heavy atom. The lowest BCUT2D eigenvalue weighted by Gasteiger charge is -2.26. The fourth-order valence-corrected chi connectivity index (χ4v) is 5.89. The lowest BCUT2D eigenvalue weighted by molar-refractivity contribution is 0.0933. The van der Waals surface area contributed by atoms with Crippen molar-refractivity contribution < 1.29 is 17.6 Å². The van der Waals surface area contributed by atoms with E-state index in [1.54, 1.807) is 6.26 Å². The van der Waals surface area contributed by atoms with Crippen LogP contribution in [0.1, 0.15) is 47.8 Å². The number of nitrogens with one attached hydrogen (secondary N) is 1. The van der Waals surface area contributed by atoms with Crippen molar-refractivity contribution in [2.24, 2.45) is 0 Å². The molecule has 1 aromatic carbocycles. The number of nitrogens with zero attached hydrogens (tertiary/aromatic N) is 2. The molecule has 4 rings (SSSR count). The Morgan fingerprint density at radius 2 is 1.80 bits per heavy atom. The summed E-state index contributed by atoms with van der Waals surface area (Å²) in [5, 5.41) is 3.15. The van der Waals surface area contributed by atoms with Gasteiger partial charge in [-0.05, 0) is 69.1 Å². The second-order valence-corrected chi connectivity index (χ2v) is 10.1. The summed E-state index contributed by atoms with van der Waals surface area (Å²) in [6.07, 6.45) is 5.57. The number of carbonyl (C=O) groups excluding carboxylic acids is 1. The number of benzene rings is 1. The minimum atomic E-state index is -3.62. The first-order valence-corrected chi connectivity index (χ1v) is 12.1. The van der Waals surface area contributed by atoms with Crippen molar-refractivity contribution in [3.63, 3.8) is 0 Å². The first-order valence-electron chi connectivity index (χ1n) is 10.3. The summed E-state index contributed by atoms with van der Waals surface area (Å²) in [5.41, 5.74) is 0.163. The molecule has 0 radical (unpaired) electrons. The summed E-state index contributed by atoms with van der Waals surface area (Å²) in [6, 6.07) is 7.99. The molecule has 0 unspecified atom stereocenters. The van der Waals surface area contributed by atoms with Gasteiger partial charge in [0.15, 0.2) is 0 Å². The van der Waals surface area contributed by atoms with E-state index in [1.807, 2.05) is 12.1 Å². The van der Waals surface area contributed by atoms with E-state index in [2.05, 4.69) is 10.2 Å². The van der Waals surface area contributed by atoms with Crippen molar-refractivity contribution in [3.05, 3.63) is 52.9 Å². The predicted molar refractivity (Wildman–Crippen MR) is 114 cm³/mol. The van der Waals surface area contributed by atoms with E-state index in [-0.39, 0.29) is 21.5 Å². The van der Waals surface area contributed by atoms with E-state index in [0.29, 0.717) is 19.6 Å². The molecule has 162 valence electrons. The predicted octanol–water partition coefficient (Wildman–Crippen LogP) is 3.28. The average molecular weight is 452 g/mol. The highest BCUT2D eigenvalue weighted by molar-refractivity contribution is 7.89. The van der Waals surface area contributed by atoms with Crippen LogP contribution in [0, 0.1) is 0 Å². The summed E-state index contributed by atoms with van der Waals surface area (Å²) in [5.74, 6) is 0.405. The molecule has 1 amide bonds. The molecule has 0 spiro atoms. The van der Waals surface area contributed by atoms with E-state index in [1.165, 1.54) is 22.5 Å². The van der Waals surface area contributed by atoms with Gasteiger partial charge in [0.25, 0.3) is 5.91 Å². The Labute approximate surface area is 182 Å². The van der Waals surface area contributed by atoms with Crippen LogP contribution in [0.5, 0.6) is 0 Å². The molecule has 2 fully saturated rings. The first kappa shape index (κ1) is 21.4. The fraction of sp³-hybridized carbons (Fsp3) is 0.476. The molecular weight excluding hydrogens is 426 g/mol. The van der Waals surface area contributed by atoms with Crippen LogP contribution in [-0.2, 0) is 10.0 Å². The molecule has 1 N–H and O–H groups in total. The lowest BCUT2D eigenvalue weighted by atomic mass is 10.1. The summed E-state index contributed by atoms with van der Waals surface area (Å²) in [6.45, 7) is 3.27. The number of rotatable bonds is 7. The molecule has 0 aliphatic carbocycles. The van der Waals surface area contributed by atoms with Gasteiger partial charge in [-0.2, -0.15) is 4.31 Å². The van der Waals surface area contributed by atoms with Gasteiger partial charge in [-0.3, -0.25) is 9.69 Å². The van der Waals surface area contributed by atoms with E-state index in [4.69, 9.17) is 16.0 Å². The van der Waals surface area contributed by atoms with Crippen LogP contribution < -0.4 is 5.32 Å². The Kier molecular flexibility index (Phi) is 6.48. The van der Waals surface area contributed by atoms with Crippen LogP contribution in [0.15, 0.2) is 45.9 Å². The lowest BCUT2D eigenvalue weighted by Crippen LogP contribution is -2.36. The largest absolute Gasteiger partial charge is 0.468 e. The molecule has 2 saturated heterocycles. The number of hydrogen-bond acceptors (Lipinski definition) is 5. The minimum Gasteiger partial charge on any atom is -0.468 e. The van der Waals surface area contributed by atoms with Crippen molar-refractivity contribution in [2.45, 2.75) is 36.6 Å². The Bertz CT molecular complexity index is 982. The van der Waals surface area contributed by atoms with Crippen molar-refractivity contribution in [1.82, 2.24) is 14.5 Å². The Hall–Kier alpha value is -1.87. The van der Waals surface area contributed by atoms with Crippen LogP contribution in [0.3, 0.4) is 0 Å². The van der Waals surface area contributed by atoms with Gasteiger partial charge in [0.05, 0.1) is 27.8 Å². The topological polar surface area (TPSA) is 82.9 Å². The molecule has 0 bridgehead atoms. The molecule has 9 heteroatoms. The zero-order chi connectivity index (χ0) is 21.1. The summed E-state index contributed by atoms with van der Waals surface area (Å²) in [7, 11) is -3.62. The quantitative estimate of drug-likeness (QED) is 0.698. The third kappa shape index (κ3) is 4.42. The van der Waals surface area contributed by atoms with Gasteiger partial charge in [-0.15, -0.1) is 0 Å². The fourth-order valence-electron chi connectivity index (χ4n) is 4.14. The van der Waals surface area contributed by atoms with Crippen LogP contribution >= 0.6 is 11.6 Å². The van der Waals surface area contributed by atoms with E-state index in [9.17, 15) is 13.2 Å². The van der Waals surface area contributed by atoms with Crippen molar-refractivity contribution in [2.75, 3.05) is 32.7 Å². The Morgan fingerprint density at radius 1 is 1.10 bits per heavy atom. The molecule has 0 saturated carbocycles. The maximum atomic E-state index is 12.9. The summed E-state index contributed by atoms with van der Waals surface area (Å²) < 4.78 is 32.7. The third-order valence-corrected chi connectivity index (χ3v) is 8.02. The van der Waals surface area contributed by atoms with Gasteiger partial charge in [-0.1, -0.05) is 11.6 Å². The van der Waals surface area contributed by atoms with Crippen LogP contribution in [0.2, 0.25) is 5.02 Å². The monoisotopic (exact) mass is 451 g/mol. The molecule has 1 aromatic heterocycles. The molecule has 2 aromatic rings. The molecule has 2 aliphatic rings. The first-order chi connectivity index (χ1) is 14.5. The zero-order valence-electron chi connectivity index (χ0n) is 16.7. The van der Waals surface area contributed by atoms with Gasteiger partial charge in [0.1, 0.15) is 5.76 Å². The number of furan rings is 1. The van der Waals surface area contributed by atoms with Gasteiger partial charge >= 0.3 is 0 Å². The number of sulfonamides is 1. The standard InChI is InChI=1S/C21H26ClN3O4S/c22-18-8-7-16(30(27,28)25-11-3-4-12-25)14-17(18)21(26)23-15-19(20-6-5-13-29-20)24-9-1-2-10-24/h5-8,13-14,19H,1-4,9-12,15H2,(H,23,26)/t19-/m1/s1. The van der Waals surface area contributed by atoms with Gasteiger partial charge in [0, 0.05) is 19.6 Å². The Balaban J connectivity index is 1.51. The average Bonchev–Trinajstić information content (AvgIpc) is 3.51. The highest BCUT2D eigenvalue weighted by atomic mass is 35.5. The van der Waals surface area contributed by atoms with E-state index >= 15 is 0 Å². The van der Waals surface area contributed by atoms with Crippen molar-refractivity contribution in [1.29, 1.82) is 0 Å². The third-order valence-electron chi connectivity index (χ3n) is 5.79. The smallest absolute Gasteiger partial charge is 0.252 e. The van der Waals surface area contributed by atoms with Crippen LogP contribution in [0.25, 0.3) is 0 Å². The van der Waals surface area contributed by atoms with E-state index in [0.717, 1.165) is 44.5 Å². The maximum Gasteiger partial charge on any atom is 0.252 e. The molecule has 1 atom stereocenters. The molecule has 3 heterocycles. The number of carbonyl (C=O) groups is 1. The number of likely N-dealkylation sites (tertiary alicyclic amines) is 1. The van der Waals surface area contributed by atoms with Crippen LogP contribution in [-0.4, -0.2) is 56.3 Å². The normalized spacial score (nSPS) is 19.2. The molecule has 2 aliphatic heterocycles. The number of hydrogen-bond donors (Lipinski definition) is 1. The highest BCUT2D eigenvalue weighted by Crippen LogP contribution is 2.27. The molecule has 30 heavy (non-hydrogen) atoms. The highest BCUT2D eigenvalue weighted by Gasteiger charge is 2.29. The second kappa shape index (κ2) is 9.09.